The number of piperidine rings is 1. The Morgan fingerprint density at radius 2 is 1.95 bits per heavy atom. The van der Waals surface area contributed by atoms with E-state index in [2.05, 4.69) is 34.5 Å². The molecule has 4 nitrogen and oxygen atoms in total. The molecule has 4 heteroatoms. The molecule has 0 amide bonds. The van der Waals surface area contributed by atoms with Crippen LogP contribution in [0.5, 0.6) is 0 Å². The molecule has 2 heterocycles. The molecule has 2 aliphatic heterocycles. The zero-order chi connectivity index (χ0) is 14.3. The molecular formula is C18H28N2O2. The normalized spacial score (nSPS) is 33.2. The minimum atomic E-state index is 0. The minimum Gasteiger partial charge on any atom is -0.396 e. The molecule has 3 fully saturated rings. The van der Waals surface area contributed by atoms with Gasteiger partial charge in [0.05, 0.1) is 13.2 Å². The average Bonchev–Trinajstić information content (AvgIpc) is 2.94. The lowest BCUT2D eigenvalue weighted by atomic mass is 9.92. The smallest absolute Gasteiger partial charge is 0.0642 e. The van der Waals surface area contributed by atoms with Gasteiger partial charge in [0.1, 0.15) is 0 Å². The van der Waals surface area contributed by atoms with Gasteiger partial charge in [0.15, 0.2) is 0 Å². The summed E-state index contributed by atoms with van der Waals surface area (Å²) < 4.78 is 5.42. The highest BCUT2D eigenvalue weighted by Crippen LogP contribution is 2.63. The van der Waals surface area contributed by atoms with Crippen molar-refractivity contribution in [3.63, 3.8) is 0 Å². The molecule has 122 valence electrons. The van der Waals surface area contributed by atoms with Crippen LogP contribution in [-0.4, -0.2) is 51.1 Å². The molecule has 0 aromatic heterocycles. The standard InChI is InChI=1S/C17H24N2O2.CH4/c20-8-5-15-16-11-18-12-17(15,16)13-1-3-14(4-2-13)19-6-9-21-10-7-19;/h1-4,15-16,18,20H,5-12H2;1H4. The molecule has 0 radical (unpaired) electrons. The van der Waals surface area contributed by atoms with Crippen LogP contribution in [0.25, 0.3) is 0 Å². The first-order valence-corrected chi connectivity index (χ1v) is 8.11. The van der Waals surface area contributed by atoms with E-state index in [1.165, 1.54) is 11.3 Å². The highest BCUT2D eigenvalue weighted by atomic mass is 16.5. The molecule has 3 unspecified atom stereocenters. The molecular weight excluding hydrogens is 276 g/mol. The van der Waals surface area contributed by atoms with Crippen molar-refractivity contribution in [2.75, 3.05) is 50.9 Å². The SMILES string of the molecule is C.OCCC1C2CNCC12c1ccc(N2CCOCC2)cc1. The number of rotatable bonds is 4. The van der Waals surface area contributed by atoms with Crippen molar-refractivity contribution >= 4 is 5.69 Å². The molecule has 1 aliphatic carbocycles. The van der Waals surface area contributed by atoms with E-state index in [4.69, 9.17) is 4.74 Å². The van der Waals surface area contributed by atoms with E-state index in [-0.39, 0.29) is 7.43 Å². The number of hydrogen-bond acceptors (Lipinski definition) is 4. The van der Waals surface area contributed by atoms with Crippen molar-refractivity contribution in [3.05, 3.63) is 29.8 Å². The summed E-state index contributed by atoms with van der Waals surface area (Å²) in [5.74, 6) is 1.39. The van der Waals surface area contributed by atoms with Gasteiger partial charge in [-0.15, -0.1) is 0 Å². The average molecular weight is 304 g/mol. The number of morpholine rings is 1. The summed E-state index contributed by atoms with van der Waals surface area (Å²) in [6.07, 6.45) is 0.942. The lowest BCUT2D eigenvalue weighted by molar-refractivity contribution is 0.122. The Morgan fingerprint density at radius 1 is 1.23 bits per heavy atom. The monoisotopic (exact) mass is 304 g/mol. The van der Waals surface area contributed by atoms with Crippen LogP contribution in [0, 0.1) is 11.8 Å². The molecule has 3 atom stereocenters. The van der Waals surface area contributed by atoms with Crippen LogP contribution in [0.3, 0.4) is 0 Å². The van der Waals surface area contributed by atoms with Gasteiger partial charge < -0.3 is 20.1 Å². The second-order valence-corrected chi connectivity index (χ2v) is 6.54. The quantitative estimate of drug-likeness (QED) is 0.887. The van der Waals surface area contributed by atoms with E-state index in [1.807, 2.05) is 0 Å². The maximum Gasteiger partial charge on any atom is 0.0642 e. The molecule has 3 aliphatic rings. The van der Waals surface area contributed by atoms with Crippen LogP contribution in [0.4, 0.5) is 5.69 Å². The summed E-state index contributed by atoms with van der Waals surface area (Å²) >= 11 is 0. The summed E-state index contributed by atoms with van der Waals surface area (Å²) in [5, 5.41) is 12.8. The lowest BCUT2D eigenvalue weighted by Crippen LogP contribution is -2.36. The minimum absolute atomic E-state index is 0. The van der Waals surface area contributed by atoms with Gasteiger partial charge in [-0.05, 0) is 42.5 Å². The van der Waals surface area contributed by atoms with Crippen LogP contribution in [0.2, 0.25) is 0 Å². The highest BCUT2D eigenvalue weighted by molar-refractivity contribution is 5.51. The van der Waals surface area contributed by atoms with Gasteiger partial charge in [-0.3, -0.25) is 0 Å². The van der Waals surface area contributed by atoms with Gasteiger partial charge in [-0.25, -0.2) is 0 Å². The molecule has 22 heavy (non-hydrogen) atoms. The van der Waals surface area contributed by atoms with E-state index >= 15 is 0 Å². The summed E-state index contributed by atoms with van der Waals surface area (Å²) in [4.78, 5) is 2.40. The maximum absolute atomic E-state index is 9.27. The number of nitrogens with one attached hydrogen (secondary N) is 1. The van der Waals surface area contributed by atoms with Crippen molar-refractivity contribution in [1.82, 2.24) is 5.32 Å². The number of anilines is 1. The van der Waals surface area contributed by atoms with Crippen molar-refractivity contribution < 1.29 is 9.84 Å². The van der Waals surface area contributed by atoms with Crippen molar-refractivity contribution in [3.8, 4) is 0 Å². The Bertz CT molecular complexity index is 498. The van der Waals surface area contributed by atoms with Gasteiger partial charge in [0.25, 0.3) is 0 Å². The van der Waals surface area contributed by atoms with E-state index in [1.54, 1.807) is 0 Å². The van der Waals surface area contributed by atoms with E-state index in [9.17, 15) is 5.11 Å². The summed E-state index contributed by atoms with van der Waals surface area (Å²) in [5.41, 5.74) is 3.06. The lowest BCUT2D eigenvalue weighted by Gasteiger charge is -2.29. The number of fused-ring (bicyclic) bond motifs is 1. The largest absolute Gasteiger partial charge is 0.396 e. The fraction of sp³-hybridized carbons (Fsp3) is 0.667. The van der Waals surface area contributed by atoms with Crippen molar-refractivity contribution in [2.45, 2.75) is 19.3 Å². The van der Waals surface area contributed by atoms with Gasteiger partial charge >= 0.3 is 0 Å². The Balaban J connectivity index is 0.00000144. The first-order valence-electron chi connectivity index (χ1n) is 8.11. The molecule has 0 spiro atoms. The Labute approximate surface area is 133 Å². The number of ether oxygens (including phenoxy) is 1. The molecule has 1 aromatic rings. The van der Waals surface area contributed by atoms with Crippen LogP contribution < -0.4 is 10.2 Å². The number of hydrogen-bond donors (Lipinski definition) is 2. The zero-order valence-electron chi connectivity index (χ0n) is 12.4. The molecule has 0 bridgehead atoms. The fourth-order valence-corrected chi connectivity index (χ4v) is 4.56. The Kier molecular flexibility index (Phi) is 4.44. The van der Waals surface area contributed by atoms with Gasteiger partial charge in [-0.2, -0.15) is 0 Å². The first-order chi connectivity index (χ1) is 10.4. The third kappa shape index (κ3) is 2.34. The van der Waals surface area contributed by atoms with Crippen LogP contribution in [0.1, 0.15) is 19.4 Å². The molecule has 2 N–H and O–H groups in total. The summed E-state index contributed by atoms with van der Waals surface area (Å²) in [7, 11) is 0. The first kappa shape index (κ1) is 15.8. The number of benzene rings is 1. The number of aliphatic hydroxyl groups excluding tert-OH is 1. The van der Waals surface area contributed by atoms with Gasteiger partial charge in [0, 0.05) is 37.3 Å². The van der Waals surface area contributed by atoms with Gasteiger partial charge in [0.2, 0.25) is 0 Å². The molecule has 1 aromatic carbocycles. The Hall–Kier alpha value is -1.10. The topological polar surface area (TPSA) is 44.7 Å². The Morgan fingerprint density at radius 3 is 2.64 bits per heavy atom. The molecule has 1 saturated carbocycles. The second kappa shape index (κ2) is 6.19. The fourth-order valence-electron chi connectivity index (χ4n) is 4.56. The highest BCUT2D eigenvalue weighted by Gasteiger charge is 2.66. The zero-order valence-corrected chi connectivity index (χ0v) is 12.4. The predicted molar refractivity (Wildman–Crippen MR) is 89.4 cm³/mol. The van der Waals surface area contributed by atoms with Crippen LogP contribution in [-0.2, 0) is 10.2 Å². The van der Waals surface area contributed by atoms with E-state index < -0.39 is 0 Å². The van der Waals surface area contributed by atoms with E-state index in [0.717, 1.165) is 51.7 Å². The summed E-state index contributed by atoms with van der Waals surface area (Å²) in [6, 6.07) is 9.14. The molecule has 4 rings (SSSR count). The van der Waals surface area contributed by atoms with Gasteiger partial charge in [-0.1, -0.05) is 19.6 Å². The van der Waals surface area contributed by atoms with Crippen LogP contribution >= 0.6 is 0 Å². The maximum atomic E-state index is 9.27. The second-order valence-electron chi connectivity index (χ2n) is 6.54. The predicted octanol–water partition coefficient (Wildman–Crippen LogP) is 1.63. The van der Waals surface area contributed by atoms with Crippen molar-refractivity contribution in [1.29, 1.82) is 0 Å². The summed E-state index contributed by atoms with van der Waals surface area (Å²) in [6.45, 7) is 6.13. The number of aliphatic hydroxyl groups is 1. The number of nitrogens with zero attached hydrogens (tertiary/aromatic N) is 1. The third-order valence-electron chi connectivity index (χ3n) is 5.70. The van der Waals surface area contributed by atoms with Crippen LogP contribution in [0.15, 0.2) is 24.3 Å². The van der Waals surface area contributed by atoms with Crippen molar-refractivity contribution in [2.24, 2.45) is 11.8 Å². The van der Waals surface area contributed by atoms with E-state index in [0.29, 0.717) is 17.9 Å². The molecule has 2 saturated heterocycles. The third-order valence-corrected chi connectivity index (χ3v) is 5.70.